The molecule has 2 heterocycles. The molecule has 0 saturated carbocycles. The third-order valence-electron chi connectivity index (χ3n) is 3.81. The van der Waals surface area contributed by atoms with Crippen LogP contribution < -0.4 is 4.74 Å². The normalized spacial score (nSPS) is 19.1. The fourth-order valence-corrected chi connectivity index (χ4v) is 2.69. The second kappa shape index (κ2) is 6.83. The number of likely N-dealkylation sites (tertiary alicyclic amines) is 1. The molecule has 0 radical (unpaired) electrons. The number of rotatable bonds is 4. The molecule has 2 aromatic rings. The summed E-state index contributed by atoms with van der Waals surface area (Å²) in [4.78, 5) is 10.7. The van der Waals surface area contributed by atoms with Gasteiger partial charge in [-0.1, -0.05) is 12.1 Å². The quantitative estimate of drug-likeness (QED) is 0.870. The molecule has 1 aliphatic heterocycles. The van der Waals surface area contributed by atoms with Crippen LogP contribution in [0.1, 0.15) is 24.0 Å². The highest BCUT2D eigenvalue weighted by atomic mass is 19.1. The predicted molar refractivity (Wildman–Crippen MR) is 82.1 cm³/mol. The number of hydrogen-bond acceptors (Lipinski definition) is 4. The first-order valence-electron chi connectivity index (χ1n) is 7.61. The van der Waals surface area contributed by atoms with E-state index in [1.54, 1.807) is 12.4 Å². The van der Waals surface area contributed by atoms with Gasteiger partial charge >= 0.3 is 6.01 Å². The number of piperidine rings is 1. The van der Waals surface area contributed by atoms with E-state index in [0.29, 0.717) is 6.01 Å². The zero-order valence-corrected chi connectivity index (χ0v) is 12.7. The Morgan fingerprint density at radius 3 is 2.68 bits per heavy atom. The van der Waals surface area contributed by atoms with E-state index in [9.17, 15) is 4.39 Å². The molecule has 22 heavy (non-hydrogen) atoms. The number of halogens is 1. The third-order valence-corrected chi connectivity index (χ3v) is 3.81. The van der Waals surface area contributed by atoms with Gasteiger partial charge in [0.05, 0.1) is 0 Å². The number of nitrogens with zero attached hydrogens (tertiary/aromatic N) is 3. The van der Waals surface area contributed by atoms with Crippen LogP contribution in [0.5, 0.6) is 6.01 Å². The summed E-state index contributed by atoms with van der Waals surface area (Å²) in [5.41, 5.74) is 2.14. The minimum absolute atomic E-state index is 0.108. The Labute approximate surface area is 130 Å². The third kappa shape index (κ3) is 4.01. The lowest BCUT2D eigenvalue weighted by Crippen LogP contribution is -2.40. The maximum Gasteiger partial charge on any atom is 0.316 e. The number of benzene rings is 1. The molecule has 1 fully saturated rings. The molecule has 5 heteroatoms. The zero-order valence-electron chi connectivity index (χ0n) is 12.7. The Morgan fingerprint density at radius 2 is 1.95 bits per heavy atom. The number of aryl methyl sites for hydroxylation is 1. The van der Waals surface area contributed by atoms with Gasteiger partial charge in [0.1, 0.15) is 11.9 Å². The lowest BCUT2D eigenvalue weighted by atomic mass is 10.1. The Hall–Kier alpha value is -2.01. The lowest BCUT2D eigenvalue weighted by molar-refractivity contribution is 0.0770. The van der Waals surface area contributed by atoms with Crippen molar-refractivity contribution in [2.24, 2.45) is 0 Å². The molecule has 4 nitrogen and oxygen atoms in total. The summed E-state index contributed by atoms with van der Waals surface area (Å²) < 4.78 is 18.8. The molecule has 0 spiro atoms. The van der Waals surface area contributed by atoms with Crippen molar-refractivity contribution < 1.29 is 9.13 Å². The van der Waals surface area contributed by atoms with Gasteiger partial charge < -0.3 is 4.74 Å². The Balaban J connectivity index is 1.56. The Kier molecular flexibility index (Phi) is 4.63. The summed E-state index contributed by atoms with van der Waals surface area (Å²) in [5.74, 6) is -0.194. The van der Waals surface area contributed by atoms with Crippen molar-refractivity contribution in [1.29, 1.82) is 0 Å². The number of hydrogen-bond donors (Lipinski definition) is 0. The van der Waals surface area contributed by atoms with Gasteiger partial charge in [-0.2, -0.15) is 0 Å². The van der Waals surface area contributed by atoms with E-state index < -0.39 is 0 Å². The monoisotopic (exact) mass is 301 g/mol. The molecule has 1 aromatic carbocycles. The molecule has 0 N–H and O–H groups in total. The Morgan fingerprint density at radius 1 is 1.23 bits per heavy atom. The lowest BCUT2D eigenvalue weighted by Gasteiger charge is -2.32. The van der Waals surface area contributed by atoms with Crippen LogP contribution >= 0.6 is 0 Å². The second-order valence-corrected chi connectivity index (χ2v) is 5.79. The number of aromatic nitrogens is 2. The van der Waals surface area contributed by atoms with Crippen molar-refractivity contribution in [2.45, 2.75) is 32.4 Å². The summed E-state index contributed by atoms with van der Waals surface area (Å²) in [6.07, 6.45) is 5.73. The van der Waals surface area contributed by atoms with Gasteiger partial charge in [-0.05, 0) is 49.6 Å². The first-order chi connectivity index (χ1) is 10.7. The van der Waals surface area contributed by atoms with Crippen LogP contribution in [0.2, 0.25) is 0 Å². The second-order valence-electron chi connectivity index (χ2n) is 5.79. The summed E-state index contributed by atoms with van der Waals surface area (Å²) in [5, 5.41) is 0. The van der Waals surface area contributed by atoms with Crippen molar-refractivity contribution in [3.63, 3.8) is 0 Å². The molecular formula is C17H20FN3O. The van der Waals surface area contributed by atoms with Crippen molar-refractivity contribution in [3.05, 3.63) is 53.6 Å². The van der Waals surface area contributed by atoms with Crippen LogP contribution in [0.15, 0.2) is 36.7 Å². The summed E-state index contributed by atoms with van der Waals surface area (Å²) in [7, 11) is 0. The summed E-state index contributed by atoms with van der Waals surface area (Å²) >= 11 is 0. The average molecular weight is 301 g/mol. The van der Waals surface area contributed by atoms with Gasteiger partial charge in [-0.3, -0.25) is 4.90 Å². The summed E-state index contributed by atoms with van der Waals surface area (Å²) in [6, 6.07) is 7.13. The molecule has 1 saturated heterocycles. The van der Waals surface area contributed by atoms with Crippen LogP contribution in [0, 0.1) is 12.7 Å². The first-order valence-corrected chi connectivity index (χ1v) is 7.61. The van der Waals surface area contributed by atoms with Crippen LogP contribution in [-0.4, -0.2) is 34.1 Å². The van der Waals surface area contributed by atoms with Gasteiger partial charge in [0, 0.05) is 25.5 Å². The van der Waals surface area contributed by atoms with Crippen molar-refractivity contribution in [1.82, 2.24) is 14.9 Å². The standard InChI is InChI=1S/C17H20FN3O/c1-13-9-19-17(20-10-13)22-16-3-2-8-21(12-16)11-14-4-6-15(18)7-5-14/h4-7,9-10,16H,2-3,8,11-12H2,1H3. The first kappa shape index (κ1) is 14.9. The van der Waals surface area contributed by atoms with Crippen LogP contribution in [0.4, 0.5) is 4.39 Å². The van der Waals surface area contributed by atoms with Gasteiger partial charge in [0.25, 0.3) is 0 Å². The number of ether oxygens (including phenoxy) is 1. The zero-order chi connectivity index (χ0) is 15.4. The SMILES string of the molecule is Cc1cnc(OC2CCCN(Cc3ccc(F)cc3)C2)nc1. The molecule has 0 bridgehead atoms. The van der Waals surface area contributed by atoms with Gasteiger partial charge in [-0.25, -0.2) is 14.4 Å². The molecule has 0 aliphatic carbocycles. The molecular weight excluding hydrogens is 281 g/mol. The van der Waals surface area contributed by atoms with Crippen molar-refractivity contribution in [3.8, 4) is 6.01 Å². The average Bonchev–Trinajstić information content (AvgIpc) is 2.52. The topological polar surface area (TPSA) is 38.2 Å². The van der Waals surface area contributed by atoms with Crippen LogP contribution in [0.25, 0.3) is 0 Å². The maximum atomic E-state index is 13.0. The largest absolute Gasteiger partial charge is 0.459 e. The smallest absolute Gasteiger partial charge is 0.316 e. The fourth-order valence-electron chi connectivity index (χ4n) is 2.69. The minimum Gasteiger partial charge on any atom is -0.459 e. The molecule has 1 aliphatic rings. The van der Waals surface area contributed by atoms with E-state index in [-0.39, 0.29) is 11.9 Å². The molecule has 1 atom stereocenters. The van der Waals surface area contributed by atoms with E-state index in [1.165, 1.54) is 12.1 Å². The fraction of sp³-hybridized carbons (Fsp3) is 0.412. The minimum atomic E-state index is -0.194. The van der Waals surface area contributed by atoms with Crippen LogP contribution in [0.3, 0.4) is 0 Å². The molecule has 0 amide bonds. The van der Waals surface area contributed by atoms with Crippen LogP contribution in [-0.2, 0) is 6.54 Å². The molecule has 116 valence electrons. The summed E-state index contributed by atoms with van der Waals surface area (Å²) in [6.45, 7) is 4.64. The van der Waals surface area contributed by atoms with E-state index in [2.05, 4.69) is 14.9 Å². The highest BCUT2D eigenvalue weighted by molar-refractivity contribution is 5.16. The van der Waals surface area contributed by atoms with E-state index in [4.69, 9.17) is 4.74 Å². The maximum absolute atomic E-state index is 13.0. The van der Waals surface area contributed by atoms with Crippen molar-refractivity contribution >= 4 is 0 Å². The molecule has 1 unspecified atom stereocenters. The van der Waals surface area contributed by atoms with E-state index in [0.717, 1.165) is 43.6 Å². The molecule has 1 aromatic heterocycles. The highest BCUT2D eigenvalue weighted by Crippen LogP contribution is 2.17. The Bertz CT molecular complexity index is 547. The van der Waals surface area contributed by atoms with Crippen molar-refractivity contribution in [2.75, 3.05) is 13.1 Å². The van der Waals surface area contributed by atoms with Gasteiger partial charge in [0.2, 0.25) is 0 Å². The predicted octanol–water partition coefficient (Wildman–Crippen LogP) is 2.97. The van der Waals surface area contributed by atoms with Gasteiger partial charge in [-0.15, -0.1) is 0 Å². The van der Waals surface area contributed by atoms with Gasteiger partial charge in [0.15, 0.2) is 0 Å². The molecule has 3 rings (SSSR count). The van der Waals surface area contributed by atoms with E-state index >= 15 is 0 Å². The highest BCUT2D eigenvalue weighted by Gasteiger charge is 2.22. The van der Waals surface area contributed by atoms with E-state index in [1.807, 2.05) is 19.1 Å².